The minimum atomic E-state index is -0.344. The molecule has 0 radical (unpaired) electrons. The summed E-state index contributed by atoms with van der Waals surface area (Å²) in [4.78, 5) is 2.45. The molecule has 1 fully saturated rings. The Kier molecular flexibility index (Phi) is 5.82. The van der Waals surface area contributed by atoms with Crippen LogP contribution in [-0.4, -0.2) is 30.6 Å². The Morgan fingerprint density at radius 3 is 2.85 bits per heavy atom. The van der Waals surface area contributed by atoms with Gasteiger partial charge in [0, 0.05) is 19.1 Å². The first kappa shape index (κ1) is 15.7. The van der Waals surface area contributed by atoms with E-state index in [0.29, 0.717) is 12.0 Å². The molecule has 112 valence electrons. The molecule has 1 N–H and O–H groups in total. The van der Waals surface area contributed by atoms with Gasteiger partial charge in [-0.3, -0.25) is 4.90 Å². The van der Waals surface area contributed by atoms with Gasteiger partial charge in [-0.15, -0.1) is 0 Å². The van der Waals surface area contributed by atoms with E-state index in [1.54, 1.807) is 6.07 Å². The van der Waals surface area contributed by atoms with Crippen LogP contribution in [0.3, 0.4) is 0 Å². The van der Waals surface area contributed by atoms with E-state index in [9.17, 15) is 4.39 Å². The van der Waals surface area contributed by atoms with Crippen molar-refractivity contribution in [1.82, 2.24) is 10.2 Å². The zero-order valence-electron chi connectivity index (χ0n) is 12.3. The fourth-order valence-electron chi connectivity index (χ4n) is 2.74. The standard InChI is InChI=1S/C16H24ClFN2/c1-12(2)20(11-14-4-3-7-19-9-14)10-13-5-6-16(18)15(17)8-13/h5-6,8,12,14,19H,3-4,7,9-11H2,1-2H3. The minimum absolute atomic E-state index is 0.213. The Balaban J connectivity index is 1.99. The molecule has 0 bridgehead atoms. The summed E-state index contributed by atoms with van der Waals surface area (Å²) in [5.74, 6) is 0.366. The molecule has 1 atom stereocenters. The lowest BCUT2D eigenvalue weighted by molar-refractivity contribution is 0.164. The lowest BCUT2D eigenvalue weighted by atomic mass is 9.98. The number of piperidine rings is 1. The van der Waals surface area contributed by atoms with Gasteiger partial charge in [0.25, 0.3) is 0 Å². The second-order valence-corrected chi connectivity index (χ2v) is 6.39. The molecule has 1 saturated heterocycles. The molecule has 1 heterocycles. The Morgan fingerprint density at radius 1 is 1.45 bits per heavy atom. The maximum Gasteiger partial charge on any atom is 0.141 e. The van der Waals surface area contributed by atoms with Gasteiger partial charge in [0.1, 0.15) is 5.82 Å². The Hall–Kier alpha value is -0.640. The van der Waals surface area contributed by atoms with Crippen LogP contribution in [0.1, 0.15) is 32.3 Å². The number of benzene rings is 1. The molecule has 4 heteroatoms. The highest BCUT2D eigenvalue weighted by molar-refractivity contribution is 6.30. The SMILES string of the molecule is CC(C)N(Cc1ccc(F)c(Cl)c1)CC1CCCNC1. The monoisotopic (exact) mass is 298 g/mol. The third-order valence-corrected chi connectivity index (χ3v) is 4.28. The van der Waals surface area contributed by atoms with Crippen LogP contribution in [0.25, 0.3) is 0 Å². The molecule has 1 aromatic carbocycles. The summed E-state index contributed by atoms with van der Waals surface area (Å²) in [5.41, 5.74) is 1.08. The van der Waals surface area contributed by atoms with Crippen LogP contribution in [0.2, 0.25) is 5.02 Å². The van der Waals surface area contributed by atoms with Crippen molar-refractivity contribution in [2.45, 2.75) is 39.3 Å². The molecular formula is C16H24ClFN2. The molecule has 0 aliphatic carbocycles. The van der Waals surface area contributed by atoms with Crippen molar-refractivity contribution < 1.29 is 4.39 Å². The van der Waals surface area contributed by atoms with Crippen LogP contribution in [0.4, 0.5) is 4.39 Å². The Bertz CT molecular complexity index is 430. The Morgan fingerprint density at radius 2 is 2.25 bits per heavy atom. The van der Waals surface area contributed by atoms with Crippen molar-refractivity contribution in [3.63, 3.8) is 0 Å². The molecule has 0 amide bonds. The fourth-order valence-corrected chi connectivity index (χ4v) is 2.95. The van der Waals surface area contributed by atoms with E-state index < -0.39 is 0 Å². The second-order valence-electron chi connectivity index (χ2n) is 5.98. The lowest BCUT2D eigenvalue weighted by Gasteiger charge is -2.32. The molecule has 0 spiro atoms. The van der Waals surface area contributed by atoms with Crippen molar-refractivity contribution >= 4 is 11.6 Å². The predicted octanol–water partition coefficient (Wildman–Crippen LogP) is 3.69. The number of hydrogen-bond acceptors (Lipinski definition) is 2. The molecule has 1 unspecified atom stereocenters. The summed E-state index contributed by atoms with van der Waals surface area (Å²) in [7, 11) is 0. The smallest absolute Gasteiger partial charge is 0.141 e. The molecule has 2 rings (SSSR count). The highest BCUT2D eigenvalue weighted by Crippen LogP contribution is 2.20. The number of rotatable bonds is 5. The Labute approximate surface area is 126 Å². The summed E-state index contributed by atoms with van der Waals surface area (Å²) in [5, 5.41) is 3.68. The molecule has 1 aliphatic rings. The quantitative estimate of drug-likeness (QED) is 0.892. The van der Waals surface area contributed by atoms with Crippen molar-refractivity contribution in [2.24, 2.45) is 5.92 Å². The van der Waals surface area contributed by atoms with E-state index in [1.807, 2.05) is 6.07 Å². The van der Waals surface area contributed by atoms with Gasteiger partial charge in [-0.05, 0) is 63.4 Å². The van der Waals surface area contributed by atoms with Crippen molar-refractivity contribution in [3.05, 3.63) is 34.6 Å². The predicted molar refractivity (Wildman–Crippen MR) is 82.5 cm³/mol. The highest BCUT2D eigenvalue weighted by Gasteiger charge is 2.19. The van der Waals surface area contributed by atoms with E-state index in [4.69, 9.17) is 11.6 Å². The van der Waals surface area contributed by atoms with Gasteiger partial charge in [0.15, 0.2) is 0 Å². The van der Waals surface area contributed by atoms with Gasteiger partial charge in [0.2, 0.25) is 0 Å². The minimum Gasteiger partial charge on any atom is -0.316 e. The van der Waals surface area contributed by atoms with E-state index in [-0.39, 0.29) is 10.8 Å². The van der Waals surface area contributed by atoms with Crippen LogP contribution in [0.5, 0.6) is 0 Å². The van der Waals surface area contributed by atoms with Crippen LogP contribution in [0, 0.1) is 11.7 Å². The zero-order chi connectivity index (χ0) is 14.5. The number of nitrogens with zero attached hydrogens (tertiary/aromatic N) is 1. The average Bonchev–Trinajstić information content (AvgIpc) is 2.43. The van der Waals surface area contributed by atoms with E-state index >= 15 is 0 Å². The highest BCUT2D eigenvalue weighted by atomic mass is 35.5. The summed E-state index contributed by atoms with van der Waals surface area (Å²) in [6.45, 7) is 8.58. The second kappa shape index (κ2) is 7.39. The average molecular weight is 299 g/mol. The van der Waals surface area contributed by atoms with Crippen molar-refractivity contribution in [2.75, 3.05) is 19.6 Å². The maximum atomic E-state index is 13.2. The van der Waals surface area contributed by atoms with Crippen LogP contribution in [-0.2, 0) is 6.54 Å². The first-order valence-electron chi connectivity index (χ1n) is 7.45. The molecule has 0 aromatic heterocycles. The lowest BCUT2D eigenvalue weighted by Crippen LogP contribution is -2.40. The van der Waals surface area contributed by atoms with Crippen LogP contribution in [0.15, 0.2) is 18.2 Å². The summed E-state index contributed by atoms with van der Waals surface area (Å²) < 4.78 is 13.2. The maximum absolute atomic E-state index is 13.2. The first-order valence-corrected chi connectivity index (χ1v) is 7.82. The van der Waals surface area contributed by atoms with Crippen LogP contribution < -0.4 is 5.32 Å². The van der Waals surface area contributed by atoms with Gasteiger partial charge >= 0.3 is 0 Å². The molecule has 1 aromatic rings. The third kappa shape index (κ3) is 4.44. The molecule has 2 nitrogen and oxygen atoms in total. The largest absolute Gasteiger partial charge is 0.316 e. The van der Waals surface area contributed by atoms with E-state index in [0.717, 1.165) is 31.7 Å². The van der Waals surface area contributed by atoms with Crippen LogP contribution >= 0.6 is 11.6 Å². The summed E-state index contributed by atoms with van der Waals surface area (Å²) >= 11 is 5.87. The van der Waals surface area contributed by atoms with E-state index in [2.05, 4.69) is 24.1 Å². The van der Waals surface area contributed by atoms with E-state index in [1.165, 1.54) is 18.9 Å². The van der Waals surface area contributed by atoms with Gasteiger partial charge in [0.05, 0.1) is 5.02 Å². The summed E-state index contributed by atoms with van der Waals surface area (Å²) in [6.07, 6.45) is 2.55. The van der Waals surface area contributed by atoms with Gasteiger partial charge in [-0.2, -0.15) is 0 Å². The normalized spacial score (nSPS) is 19.8. The molecule has 20 heavy (non-hydrogen) atoms. The zero-order valence-corrected chi connectivity index (χ0v) is 13.1. The van der Waals surface area contributed by atoms with Gasteiger partial charge in [-0.1, -0.05) is 17.7 Å². The van der Waals surface area contributed by atoms with Crippen molar-refractivity contribution in [3.8, 4) is 0 Å². The van der Waals surface area contributed by atoms with Gasteiger partial charge in [-0.25, -0.2) is 4.39 Å². The molecular weight excluding hydrogens is 275 g/mol. The summed E-state index contributed by atoms with van der Waals surface area (Å²) in [6, 6.07) is 5.50. The number of halogens is 2. The molecule has 1 aliphatic heterocycles. The molecule has 0 saturated carbocycles. The fraction of sp³-hybridized carbons (Fsp3) is 0.625. The van der Waals surface area contributed by atoms with Gasteiger partial charge < -0.3 is 5.32 Å². The van der Waals surface area contributed by atoms with Crippen molar-refractivity contribution in [1.29, 1.82) is 0 Å². The third-order valence-electron chi connectivity index (χ3n) is 3.99. The number of nitrogens with one attached hydrogen (secondary N) is 1. The first-order chi connectivity index (χ1) is 9.56. The topological polar surface area (TPSA) is 15.3 Å². The number of hydrogen-bond donors (Lipinski definition) is 1.